The van der Waals surface area contributed by atoms with E-state index >= 15 is 0 Å². The molecule has 1 atom stereocenters. The highest BCUT2D eigenvalue weighted by Crippen LogP contribution is 2.19. The number of amides is 2. The molecule has 124 valence electrons. The van der Waals surface area contributed by atoms with Crippen LogP contribution in [-0.4, -0.2) is 58.7 Å². The van der Waals surface area contributed by atoms with Gasteiger partial charge in [0.15, 0.2) is 0 Å². The average Bonchev–Trinajstić information content (AvgIpc) is 2.89. The van der Waals surface area contributed by atoms with E-state index in [0.29, 0.717) is 26.2 Å². The molecule has 0 saturated carbocycles. The van der Waals surface area contributed by atoms with E-state index in [1.807, 2.05) is 19.9 Å². The monoisotopic (exact) mass is 319 g/mol. The van der Waals surface area contributed by atoms with Gasteiger partial charge in [0.1, 0.15) is 12.2 Å². The van der Waals surface area contributed by atoms with E-state index in [9.17, 15) is 14.4 Å². The third-order valence-electron chi connectivity index (χ3n) is 4.57. The molecule has 2 aliphatic rings. The van der Waals surface area contributed by atoms with Gasteiger partial charge < -0.3 is 14.2 Å². The summed E-state index contributed by atoms with van der Waals surface area (Å²) in [6.07, 6.45) is -0.320. The first-order valence-corrected chi connectivity index (χ1v) is 7.82. The number of hydrogen-bond donors (Lipinski definition) is 0. The fraction of sp³-hybridized carbons (Fsp3) is 0.562. The topological polar surface area (TPSA) is 71.9 Å². The van der Waals surface area contributed by atoms with E-state index < -0.39 is 0 Å². The van der Waals surface area contributed by atoms with Crippen LogP contribution in [0.2, 0.25) is 0 Å². The van der Waals surface area contributed by atoms with Crippen molar-refractivity contribution in [3.8, 4) is 0 Å². The predicted molar refractivity (Wildman–Crippen MR) is 83.5 cm³/mol. The number of hydrogen-bond acceptors (Lipinski definition) is 4. The molecule has 0 unspecified atom stereocenters. The van der Waals surface area contributed by atoms with Crippen LogP contribution in [0.3, 0.4) is 0 Å². The normalized spacial score (nSPS) is 20.7. The van der Waals surface area contributed by atoms with Crippen LogP contribution < -0.4 is 5.56 Å². The molecule has 7 heteroatoms. The summed E-state index contributed by atoms with van der Waals surface area (Å²) in [5.74, 6) is -0.0676. The summed E-state index contributed by atoms with van der Waals surface area (Å²) in [4.78, 5) is 40.0. The highest BCUT2D eigenvalue weighted by Gasteiger charge is 2.39. The molecule has 2 aliphatic heterocycles. The molecule has 0 spiro atoms. The van der Waals surface area contributed by atoms with Crippen LogP contribution in [0.5, 0.6) is 0 Å². The minimum absolute atomic E-state index is 0.112. The molecule has 2 amide bonds. The zero-order valence-electron chi connectivity index (χ0n) is 13.6. The van der Waals surface area contributed by atoms with Crippen LogP contribution in [0, 0.1) is 0 Å². The summed E-state index contributed by atoms with van der Waals surface area (Å²) in [5, 5.41) is 0. The average molecular weight is 319 g/mol. The maximum Gasteiger partial charge on any atom is 0.410 e. The maximum absolute atomic E-state index is 12.7. The van der Waals surface area contributed by atoms with Gasteiger partial charge in [-0.15, -0.1) is 0 Å². The van der Waals surface area contributed by atoms with Crippen LogP contribution in [-0.2, 0) is 11.8 Å². The fourth-order valence-electron chi connectivity index (χ4n) is 3.24. The molecule has 1 aromatic heterocycles. The van der Waals surface area contributed by atoms with Crippen molar-refractivity contribution in [2.24, 2.45) is 7.05 Å². The van der Waals surface area contributed by atoms with Crippen LogP contribution >= 0.6 is 0 Å². The van der Waals surface area contributed by atoms with E-state index in [2.05, 4.69) is 0 Å². The Morgan fingerprint density at radius 3 is 2.70 bits per heavy atom. The lowest BCUT2D eigenvalue weighted by molar-refractivity contribution is 0.0614. The lowest BCUT2D eigenvalue weighted by atomic mass is 10.1. The summed E-state index contributed by atoms with van der Waals surface area (Å²) in [7, 11) is 1.69. The van der Waals surface area contributed by atoms with E-state index in [1.54, 1.807) is 22.9 Å². The molecule has 0 bridgehead atoms. The Labute approximate surface area is 134 Å². The Kier molecular flexibility index (Phi) is 3.87. The third-order valence-corrected chi connectivity index (χ3v) is 4.57. The van der Waals surface area contributed by atoms with Crippen LogP contribution in [0.1, 0.15) is 35.8 Å². The smallest absolute Gasteiger partial charge is 0.410 e. The SMILES string of the molecule is CC(C)c1ccc(C(=O)N2CCN3C(=O)OC[C@H]3C2)c(=O)n1C. The van der Waals surface area contributed by atoms with Gasteiger partial charge in [-0.3, -0.25) is 14.5 Å². The molecular weight excluding hydrogens is 298 g/mol. The summed E-state index contributed by atoms with van der Waals surface area (Å²) in [6, 6.07) is 3.33. The molecule has 3 heterocycles. The lowest BCUT2D eigenvalue weighted by Crippen LogP contribution is -2.54. The Morgan fingerprint density at radius 2 is 2.00 bits per heavy atom. The number of carbonyl (C=O) groups excluding carboxylic acids is 2. The largest absolute Gasteiger partial charge is 0.447 e. The highest BCUT2D eigenvalue weighted by atomic mass is 16.6. The minimum Gasteiger partial charge on any atom is -0.447 e. The first kappa shape index (κ1) is 15.6. The van der Waals surface area contributed by atoms with Crippen molar-refractivity contribution >= 4 is 12.0 Å². The summed E-state index contributed by atoms with van der Waals surface area (Å²) >= 11 is 0. The second kappa shape index (κ2) is 5.72. The van der Waals surface area contributed by atoms with Gasteiger partial charge in [0.05, 0.1) is 6.04 Å². The molecule has 2 saturated heterocycles. The van der Waals surface area contributed by atoms with E-state index in [4.69, 9.17) is 4.74 Å². The number of carbonyl (C=O) groups is 2. The number of ether oxygens (including phenoxy) is 1. The van der Waals surface area contributed by atoms with Crippen molar-refractivity contribution < 1.29 is 14.3 Å². The van der Waals surface area contributed by atoms with Gasteiger partial charge in [-0.25, -0.2) is 4.79 Å². The number of nitrogens with zero attached hydrogens (tertiary/aromatic N) is 3. The number of aromatic nitrogens is 1. The fourth-order valence-corrected chi connectivity index (χ4v) is 3.24. The van der Waals surface area contributed by atoms with Crippen LogP contribution in [0.15, 0.2) is 16.9 Å². The predicted octanol–water partition coefficient (Wildman–Crippen LogP) is 0.785. The van der Waals surface area contributed by atoms with Gasteiger partial charge in [0.2, 0.25) is 0 Å². The minimum atomic E-state index is -0.320. The summed E-state index contributed by atoms with van der Waals surface area (Å²) in [5.41, 5.74) is 0.795. The molecule has 0 radical (unpaired) electrons. The Bertz CT molecular complexity index is 710. The number of pyridine rings is 1. The van der Waals surface area contributed by atoms with E-state index in [-0.39, 0.29) is 35.1 Å². The maximum atomic E-state index is 12.7. The standard InChI is InChI=1S/C16H21N3O4/c1-10(2)13-5-4-12(14(20)17(13)3)15(21)18-6-7-19-11(8-18)9-23-16(19)22/h4-5,10-11H,6-9H2,1-3H3/t11-/m1/s1. The highest BCUT2D eigenvalue weighted by molar-refractivity contribution is 5.94. The second-order valence-corrected chi connectivity index (χ2v) is 6.37. The summed E-state index contributed by atoms with van der Waals surface area (Å²) < 4.78 is 6.54. The Hall–Kier alpha value is -2.31. The number of cyclic esters (lactones) is 1. The van der Waals surface area contributed by atoms with Gasteiger partial charge in [0, 0.05) is 32.4 Å². The lowest BCUT2D eigenvalue weighted by Gasteiger charge is -2.35. The quantitative estimate of drug-likeness (QED) is 0.808. The molecule has 2 fully saturated rings. The van der Waals surface area contributed by atoms with Gasteiger partial charge in [0.25, 0.3) is 11.5 Å². The summed E-state index contributed by atoms with van der Waals surface area (Å²) in [6.45, 7) is 5.57. The zero-order chi connectivity index (χ0) is 16.7. The number of fused-ring (bicyclic) bond motifs is 1. The van der Waals surface area contributed by atoms with Crippen molar-refractivity contribution in [1.29, 1.82) is 0 Å². The van der Waals surface area contributed by atoms with Crippen molar-refractivity contribution in [3.05, 3.63) is 33.7 Å². The first-order valence-electron chi connectivity index (χ1n) is 7.82. The molecule has 7 nitrogen and oxygen atoms in total. The molecule has 0 aromatic carbocycles. The number of rotatable bonds is 2. The van der Waals surface area contributed by atoms with Crippen molar-refractivity contribution in [2.75, 3.05) is 26.2 Å². The van der Waals surface area contributed by atoms with Crippen LogP contribution in [0.25, 0.3) is 0 Å². The molecule has 23 heavy (non-hydrogen) atoms. The van der Waals surface area contributed by atoms with E-state index in [0.717, 1.165) is 5.69 Å². The Balaban J connectivity index is 1.83. The number of piperazine rings is 1. The van der Waals surface area contributed by atoms with Crippen molar-refractivity contribution in [2.45, 2.75) is 25.8 Å². The molecule has 3 rings (SSSR count). The van der Waals surface area contributed by atoms with Gasteiger partial charge in [-0.2, -0.15) is 0 Å². The van der Waals surface area contributed by atoms with Crippen molar-refractivity contribution in [3.63, 3.8) is 0 Å². The van der Waals surface area contributed by atoms with Gasteiger partial charge in [-0.05, 0) is 18.1 Å². The van der Waals surface area contributed by atoms with Crippen LogP contribution in [0.4, 0.5) is 4.79 Å². The van der Waals surface area contributed by atoms with Gasteiger partial charge >= 0.3 is 6.09 Å². The van der Waals surface area contributed by atoms with Crippen molar-refractivity contribution in [1.82, 2.24) is 14.4 Å². The molecule has 1 aromatic rings. The molecule has 0 aliphatic carbocycles. The Morgan fingerprint density at radius 1 is 1.26 bits per heavy atom. The molecular formula is C16H21N3O4. The zero-order valence-corrected chi connectivity index (χ0v) is 13.6. The third kappa shape index (κ3) is 2.60. The molecule has 0 N–H and O–H groups in total. The van der Waals surface area contributed by atoms with E-state index in [1.165, 1.54) is 4.57 Å². The van der Waals surface area contributed by atoms with Gasteiger partial charge in [-0.1, -0.05) is 13.8 Å². The first-order chi connectivity index (χ1) is 10.9. The second-order valence-electron chi connectivity index (χ2n) is 6.37.